The number of nitro groups is 1. The van der Waals surface area contributed by atoms with E-state index in [1.54, 1.807) is 24.3 Å². The predicted molar refractivity (Wildman–Crippen MR) is 106 cm³/mol. The first kappa shape index (κ1) is 22.5. The minimum Gasteiger partial charge on any atom is -0.368 e. The Morgan fingerprint density at radius 1 is 1.03 bits per heavy atom. The van der Waals surface area contributed by atoms with E-state index >= 15 is 0 Å². The highest BCUT2D eigenvalue weighted by molar-refractivity contribution is 5.91. The number of halogens is 1. The van der Waals surface area contributed by atoms with Crippen LogP contribution in [0.25, 0.3) is 0 Å². The van der Waals surface area contributed by atoms with Crippen LogP contribution >= 0.6 is 0 Å². The van der Waals surface area contributed by atoms with E-state index in [4.69, 9.17) is 5.73 Å². The molecule has 0 aliphatic heterocycles. The molecule has 2 aromatic rings. The topological polar surface area (TPSA) is 144 Å². The Bertz CT molecular complexity index is 951. The van der Waals surface area contributed by atoms with Gasteiger partial charge in [-0.3, -0.25) is 24.5 Å². The van der Waals surface area contributed by atoms with Crippen molar-refractivity contribution in [1.82, 2.24) is 10.6 Å². The number of nitrogens with zero attached hydrogens (tertiary/aromatic N) is 1. The first-order valence-electron chi connectivity index (χ1n) is 9.01. The van der Waals surface area contributed by atoms with Gasteiger partial charge in [0, 0.05) is 25.8 Å². The van der Waals surface area contributed by atoms with E-state index in [1.807, 2.05) is 6.07 Å². The van der Waals surface area contributed by atoms with Gasteiger partial charge in [-0.25, -0.2) is 0 Å². The summed E-state index contributed by atoms with van der Waals surface area (Å²) < 4.78 is 13.5. The molecule has 0 aromatic heterocycles. The van der Waals surface area contributed by atoms with Crippen LogP contribution in [0, 0.1) is 15.9 Å². The fourth-order valence-corrected chi connectivity index (χ4v) is 2.86. The van der Waals surface area contributed by atoms with Crippen molar-refractivity contribution < 1.29 is 23.7 Å². The van der Waals surface area contributed by atoms with Crippen molar-refractivity contribution >= 4 is 23.4 Å². The minimum atomic E-state index is -1.21. The third-order valence-electron chi connectivity index (χ3n) is 4.28. The molecule has 158 valence electrons. The molecule has 0 aliphatic rings. The van der Waals surface area contributed by atoms with Gasteiger partial charge in [0.05, 0.1) is 4.92 Å². The van der Waals surface area contributed by atoms with Gasteiger partial charge < -0.3 is 16.4 Å². The average molecular weight is 416 g/mol. The van der Waals surface area contributed by atoms with Crippen molar-refractivity contribution in [3.63, 3.8) is 0 Å². The predicted octanol–water partition coefficient (Wildman–Crippen LogP) is 0.994. The summed E-state index contributed by atoms with van der Waals surface area (Å²) in [5, 5.41) is 15.9. The van der Waals surface area contributed by atoms with Gasteiger partial charge in [-0.1, -0.05) is 36.4 Å². The summed E-state index contributed by atoms with van der Waals surface area (Å²) in [6.07, 6.45) is 0.0000764. The van der Waals surface area contributed by atoms with Crippen LogP contribution in [0.2, 0.25) is 0 Å². The second kappa shape index (κ2) is 10.1. The van der Waals surface area contributed by atoms with Gasteiger partial charge in [0.1, 0.15) is 12.1 Å². The molecular formula is C20H21FN4O5. The largest absolute Gasteiger partial charge is 0.368 e. The van der Waals surface area contributed by atoms with Gasteiger partial charge in [-0.2, -0.15) is 4.39 Å². The third-order valence-corrected chi connectivity index (χ3v) is 4.28. The molecule has 3 amide bonds. The number of hydrogen-bond acceptors (Lipinski definition) is 5. The number of nitrogens with one attached hydrogen (secondary N) is 2. The maximum absolute atomic E-state index is 13.5. The molecule has 0 aliphatic carbocycles. The molecule has 0 spiro atoms. The highest BCUT2D eigenvalue weighted by atomic mass is 19.1. The van der Waals surface area contributed by atoms with Crippen molar-refractivity contribution in [3.8, 4) is 0 Å². The van der Waals surface area contributed by atoms with Crippen molar-refractivity contribution in [1.29, 1.82) is 0 Å². The molecule has 0 saturated carbocycles. The van der Waals surface area contributed by atoms with Crippen molar-refractivity contribution in [3.05, 3.63) is 75.6 Å². The van der Waals surface area contributed by atoms with E-state index in [0.717, 1.165) is 17.7 Å². The molecular weight excluding hydrogens is 395 g/mol. The summed E-state index contributed by atoms with van der Waals surface area (Å²) >= 11 is 0. The van der Waals surface area contributed by atoms with Crippen LogP contribution in [0.1, 0.15) is 18.1 Å². The maximum atomic E-state index is 13.5. The van der Waals surface area contributed by atoms with Crippen LogP contribution in [-0.2, 0) is 27.2 Å². The van der Waals surface area contributed by atoms with Gasteiger partial charge in [0.2, 0.25) is 23.5 Å². The lowest BCUT2D eigenvalue weighted by Crippen LogP contribution is -2.54. The zero-order chi connectivity index (χ0) is 22.3. The zero-order valence-electron chi connectivity index (χ0n) is 16.1. The van der Waals surface area contributed by atoms with Gasteiger partial charge >= 0.3 is 5.69 Å². The van der Waals surface area contributed by atoms with Crippen LogP contribution in [0.4, 0.5) is 10.1 Å². The van der Waals surface area contributed by atoms with E-state index in [2.05, 4.69) is 10.6 Å². The van der Waals surface area contributed by atoms with Crippen LogP contribution in [0.5, 0.6) is 0 Å². The van der Waals surface area contributed by atoms with E-state index < -0.39 is 46.2 Å². The number of carbonyl (C=O) groups is 3. The van der Waals surface area contributed by atoms with Crippen molar-refractivity contribution in [2.24, 2.45) is 5.73 Å². The molecule has 9 nitrogen and oxygen atoms in total. The van der Waals surface area contributed by atoms with E-state index in [0.29, 0.717) is 0 Å². The zero-order valence-corrected chi connectivity index (χ0v) is 16.1. The standard InChI is InChI=1S/C20H21FN4O5/c1-12(26)23-17(9-13-5-3-2-4-6-13)20(28)24-16(19(22)27)10-14-7-8-15(21)18(11-14)25(29)30/h2-8,11,16-17H,9-10H2,1H3,(H2,22,27)(H,23,26)(H,24,28)/t16-,17+/m1/s1. The van der Waals surface area contributed by atoms with Gasteiger partial charge in [0.15, 0.2) is 0 Å². The Morgan fingerprint density at radius 3 is 2.23 bits per heavy atom. The smallest absolute Gasteiger partial charge is 0.305 e. The summed E-state index contributed by atoms with van der Waals surface area (Å²) in [4.78, 5) is 46.1. The number of hydrogen-bond donors (Lipinski definition) is 3. The summed E-state index contributed by atoms with van der Waals surface area (Å²) in [6, 6.07) is 9.91. The maximum Gasteiger partial charge on any atom is 0.305 e. The normalized spacial score (nSPS) is 12.5. The summed E-state index contributed by atoms with van der Waals surface area (Å²) in [5.41, 5.74) is 5.65. The second-order valence-corrected chi connectivity index (χ2v) is 6.65. The molecule has 0 heterocycles. The van der Waals surface area contributed by atoms with Gasteiger partial charge in [-0.05, 0) is 17.2 Å². The molecule has 0 saturated heterocycles. The Morgan fingerprint density at radius 2 is 1.67 bits per heavy atom. The number of amides is 3. The Balaban J connectivity index is 2.17. The molecule has 4 N–H and O–H groups in total. The number of primary amides is 1. The Labute approximate surface area is 171 Å². The monoisotopic (exact) mass is 416 g/mol. The fourth-order valence-electron chi connectivity index (χ4n) is 2.86. The first-order valence-corrected chi connectivity index (χ1v) is 9.01. The average Bonchev–Trinajstić information content (AvgIpc) is 2.68. The second-order valence-electron chi connectivity index (χ2n) is 6.65. The van der Waals surface area contributed by atoms with Gasteiger partial charge in [-0.15, -0.1) is 0 Å². The van der Waals surface area contributed by atoms with Gasteiger partial charge in [0.25, 0.3) is 0 Å². The van der Waals surface area contributed by atoms with Crippen LogP contribution in [-0.4, -0.2) is 34.7 Å². The fraction of sp³-hybridized carbons (Fsp3) is 0.250. The summed E-state index contributed by atoms with van der Waals surface area (Å²) in [5.74, 6) is -2.97. The lowest BCUT2D eigenvalue weighted by molar-refractivity contribution is -0.387. The Hall–Kier alpha value is -3.82. The van der Waals surface area contributed by atoms with Crippen LogP contribution in [0.15, 0.2) is 48.5 Å². The quantitative estimate of drug-likeness (QED) is 0.412. The molecule has 0 fully saturated rings. The lowest BCUT2D eigenvalue weighted by Gasteiger charge is -2.21. The highest BCUT2D eigenvalue weighted by Crippen LogP contribution is 2.19. The molecule has 2 rings (SSSR count). The Kier molecular flexibility index (Phi) is 7.56. The number of rotatable bonds is 9. The van der Waals surface area contributed by atoms with E-state index in [9.17, 15) is 28.9 Å². The first-order chi connectivity index (χ1) is 14.2. The number of benzene rings is 2. The van der Waals surface area contributed by atoms with E-state index in [-0.39, 0.29) is 18.4 Å². The molecule has 0 unspecified atom stereocenters. The van der Waals surface area contributed by atoms with Crippen LogP contribution in [0.3, 0.4) is 0 Å². The number of carbonyl (C=O) groups excluding carboxylic acids is 3. The third kappa shape index (κ3) is 6.36. The molecule has 0 radical (unpaired) electrons. The molecule has 2 aromatic carbocycles. The summed E-state index contributed by atoms with van der Waals surface area (Å²) in [6.45, 7) is 1.26. The SMILES string of the molecule is CC(=O)N[C@@H](Cc1ccccc1)C(=O)N[C@H](Cc1ccc(F)c([N+](=O)[O-])c1)C(N)=O. The molecule has 30 heavy (non-hydrogen) atoms. The van der Waals surface area contributed by atoms with Crippen LogP contribution < -0.4 is 16.4 Å². The summed E-state index contributed by atoms with van der Waals surface area (Å²) in [7, 11) is 0. The minimum absolute atomic E-state index is 0.180. The number of nitrogens with two attached hydrogens (primary N) is 1. The van der Waals surface area contributed by atoms with Crippen molar-refractivity contribution in [2.75, 3.05) is 0 Å². The molecule has 10 heteroatoms. The lowest BCUT2D eigenvalue weighted by atomic mass is 10.0. The highest BCUT2D eigenvalue weighted by Gasteiger charge is 2.26. The molecule has 2 atom stereocenters. The number of nitro benzene ring substituents is 1. The van der Waals surface area contributed by atoms with E-state index in [1.165, 1.54) is 13.0 Å². The molecule has 0 bridgehead atoms. The van der Waals surface area contributed by atoms with Crippen molar-refractivity contribution in [2.45, 2.75) is 31.8 Å².